The molecular weight excluding hydrogens is 407 g/mol. The van der Waals surface area contributed by atoms with Crippen LogP contribution in [0, 0.1) is 0 Å². The number of hydrogen-bond donors (Lipinski definition) is 3. The summed E-state index contributed by atoms with van der Waals surface area (Å²) in [5.74, 6) is 0. The molecule has 1 atom stereocenters. The standard InChI is InChI=1S/C19H26F3N3O3S/c1-12(8-9-23-11-19(20,21)22)29(27,28)25-18(26)24-17-15-6-2-4-13(15)10-14-5-3-7-16(14)17/h10,12,23H,2-9,11H2,1H3,(H2,24,25,26). The molecule has 0 aromatic heterocycles. The summed E-state index contributed by atoms with van der Waals surface area (Å²) in [5, 5.41) is 3.89. The number of anilines is 1. The Morgan fingerprint density at radius 2 is 1.69 bits per heavy atom. The van der Waals surface area contributed by atoms with Gasteiger partial charge >= 0.3 is 12.2 Å². The van der Waals surface area contributed by atoms with E-state index >= 15 is 0 Å². The Hall–Kier alpha value is -1.81. The van der Waals surface area contributed by atoms with Crippen LogP contribution in [0.25, 0.3) is 0 Å². The molecule has 29 heavy (non-hydrogen) atoms. The number of halogens is 3. The van der Waals surface area contributed by atoms with Gasteiger partial charge in [-0.2, -0.15) is 13.2 Å². The van der Waals surface area contributed by atoms with E-state index in [1.54, 1.807) is 0 Å². The van der Waals surface area contributed by atoms with Crippen LogP contribution in [0.1, 0.15) is 48.4 Å². The number of amides is 2. The summed E-state index contributed by atoms with van der Waals surface area (Å²) in [6, 6.07) is 1.38. The smallest absolute Gasteiger partial charge is 0.309 e. The summed E-state index contributed by atoms with van der Waals surface area (Å²) in [4.78, 5) is 12.4. The van der Waals surface area contributed by atoms with E-state index in [9.17, 15) is 26.4 Å². The molecule has 10 heteroatoms. The molecule has 2 amide bonds. The number of urea groups is 1. The Kier molecular flexibility index (Phi) is 6.42. The lowest BCUT2D eigenvalue weighted by molar-refractivity contribution is -0.124. The predicted molar refractivity (Wildman–Crippen MR) is 105 cm³/mol. The van der Waals surface area contributed by atoms with E-state index in [2.05, 4.69) is 16.7 Å². The number of carbonyl (C=O) groups excluding carboxylic acids is 1. The van der Waals surface area contributed by atoms with Gasteiger partial charge in [0.25, 0.3) is 0 Å². The van der Waals surface area contributed by atoms with Gasteiger partial charge in [-0.05, 0) is 80.7 Å². The number of hydrogen-bond acceptors (Lipinski definition) is 4. The second kappa shape index (κ2) is 8.51. The highest BCUT2D eigenvalue weighted by atomic mass is 32.2. The topological polar surface area (TPSA) is 87.3 Å². The molecule has 0 fully saturated rings. The van der Waals surface area contributed by atoms with Crippen molar-refractivity contribution in [1.29, 1.82) is 0 Å². The third-order valence-corrected chi connectivity index (χ3v) is 7.29. The van der Waals surface area contributed by atoms with Crippen LogP contribution in [0.15, 0.2) is 6.07 Å². The summed E-state index contributed by atoms with van der Waals surface area (Å²) < 4.78 is 63.2. The number of fused-ring (bicyclic) bond motifs is 2. The molecule has 0 aliphatic heterocycles. The van der Waals surface area contributed by atoms with Gasteiger partial charge < -0.3 is 10.6 Å². The fourth-order valence-electron chi connectivity index (χ4n) is 4.03. The molecule has 2 aliphatic rings. The molecule has 0 spiro atoms. The first-order valence-corrected chi connectivity index (χ1v) is 11.4. The molecule has 1 unspecified atom stereocenters. The Labute approximate surface area is 168 Å². The van der Waals surface area contributed by atoms with Gasteiger partial charge in [0.2, 0.25) is 10.0 Å². The number of aryl methyl sites for hydroxylation is 2. The highest BCUT2D eigenvalue weighted by molar-refractivity contribution is 7.90. The van der Waals surface area contributed by atoms with E-state index in [1.807, 2.05) is 4.72 Å². The first-order chi connectivity index (χ1) is 13.6. The van der Waals surface area contributed by atoms with Crippen LogP contribution >= 0.6 is 0 Å². The number of nitrogens with one attached hydrogen (secondary N) is 3. The molecule has 0 radical (unpaired) electrons. The second-order valence-electron chi connectivity index (χ2n) is 7.73. The Morgan fingerprint density at radius 3 is 2.24 bits per heavy atom. The molecule has 6 nitrogen and oxygen atoms in total. The first kappa shape index (κ1) is 21.9. The summed E-state index contributed by atoms with van der Waals surface area (Å²) in [6.45, 7) is 0.0591. The maximum atomic E-state index is 12.4. The fourth-order valence-corrected chi connectivity index (χ4v) is 4.97. The van der Waals surface area contributed by atoms with E-state index in [1.165, 1.54) is 18.1 Å². The summed E-state index contributed by atoms with van der Waals surface area (Å²) in [5.41, 5.74) is 5.34. The largest absolute Gasteiger partial charge is 0.401 e. The van der Waals surface area contributed by atoms with Gasteiger partial charge in [-0.3, -0.25) is 0 Å². The lowest BCUT2D eigenvalue weighted by Gasteiger charge is -2.18. The van der Waals surface area contributed by atoms with E-state index < -0.39 is 34.0 Å². The lowest BCUT2D eigenvalue weighted by atomic mass is 9.99. The van der Waals surface area contributed by atoms with Gasteiger partial charge in [0.05, 0.1) is 11.8 Å². The Bertz CT molecular complexity index is 853. The number of alkyl halides is 3. The third-order valence-electron chi connectivity index (χ3n) is 5.53. The van der Waals surface area contributed by atoms with E-state index in [0.717, 1.165) is 55.3 Å². The van der Waals surface area contributed by atoms with Crippen molar-refractivity contribution in [3.05, 3.63) is 28.3 Å². The van der Waals surface area contributed by atoms with Crippen LogP contribution in [0.4, 0.5) is 23.7 Å². The normalized spacial score (nSPS) is 17.0. The zero-order valence-corrected chi connectivity index (χ0v) is 17.1. The third kappa shape index (κ3) is 5.42. The molecule has 0 bridgehead atoms. The minimum atomic E-state index is -4.35. The number of carbonyl (C=O) groups is 1. The monoisotopic (exact) mass is 433 g/mol. The van der Waals surface area contributed by atoms with Gasteiger partial charge in [-0.15, -0.1) is 0 Å². The van der Waals surface area contributed by atoms with E-state index in [0.29, 0.717) is 0 Å². The quantitative estimate of drug-likeness (QED) is 0.577. The highest BCUT2D eigenvalue weighted by Crippen LogP contribution is 2.38. The predicted octanol–water partition coefficient (Wildman–Crippen LogP) is 3.05. The van der Waals surface area contributed by atoms with Crippen molar-refractivity contribution in [1.82, 2.24) is 10.0 Å². The minimum absolute atomic E-state index is 0.0468. The zero-order valence-electron chi connectivity index (χ0n) is 16.3. The van der Waals surface area contributed by atoms with Crippen molar-refractivity contribution in [3.63, 3.8) is 0 Å². The molecule has 2 aliphatic carbocycles. The molecule has 1 aromatic carbocycles. The zero-order chi connectivity index (χ0) is 21.2. The highest BCUT2D eigenvalue weighted by Gasteiger charge is 2.29. The lowest BCUT2D eigenvalue weighted by Crippen LogP contribution is -2.41. The average Bonchev–Trinajstić information content (AvgIpc) is 3.25. The van der Waals surface area contributed by atoms with E-state index in [4.69, 9.17) is 0 Å². The molecule has 0 saturated heterocycles. The maximum Gasteiger partial charge on any atom is 0.401 e. The average molecular weight is 433 g/mol. The molecule has 0 saturated carbocycles. The first-order valence-electron chi connectivity index (χ1n) is 9.83. The molecule has 162 valence electrons. The maximum absolute atomic E-state index is 12.4. The van der Waals surface area contributed by atoms with Crippen molar-refractivity contribution in [3.8, 4) is 0 Å². The van der Waals surface area contributed by atoms with Gasteiger partial charge in [0.1, 0.15) is 0 Å². The van der Waals surface area contributed by atoms with Crippen molar-refractivity contribution in [2.45, 2.75) is 63.3 Å². The van der Waals surface area contributed by atoms with Gasteiger partial charge in [0.15, 0.2) is 0 Å². The number of rotatable bonds is 7. The van der Waals surface area contributed by atoms with Gasteiger partial charge in [0, 0.05) is 5.69 Å². The van der Waals surface area contributed by atoms with Crippen LogP contribution in [0.3, 0.4) is 0 Å². The van der Waals surface area contributed by atoms with Crippen LogP contribution < -0.4 is 15.4 Å². The molecule has 3 rings (SSSR count). The Balaban J connectivity index is 1.61. The number of sulfonamides is 1. The van der Waals surface area contributed by atoms with Crippen molar-refractivity contribution >= 4 is 21.7 Å². The second-order valence-corrected chi connectivity index (χ2v) is 9.83. The molecular formula is C19H26F3N3O3S. The van der Waals surface area contributed by atoms with Crippen molar-refractivity contribution in [2.75, 3.05) is 18.4 Å². The molecule has 1 aromatic rings. The van der Waals surface area contributed by atoms with Crippen LogP contribution in [0.2, 0.25) is 0 Å². The van der Waals surface area contributed by atoms with Crippen molar-refractivity contribution in [2.24, 2.45) is 0 Å². The SMILES string of the molecule is CC(CCNCC(F)(F)F)S(=O)(=O)NC(=O)Nc1c2c(cc3c1CCC3)CCC2. The fraction of sp³-hybridized carbons (Fsp3) is 0.632. The van der Waals surface area contributed by atoms with Crippen LogP contribution in [-0.4, -0.2) is 39.0 Å². The van der Waals surface area contributed by atoms with Gasteiger partial charge in [-0.1, -0.05) is 6.07 Å². The van der Waals surface area contributed by atoms with Crippen molar-refractivity contribution < 1.29 is 26.4 Å². The molecule has 3 N–H and O–H groups in total. The Morgan fingerprint density at radius 1 is 1.10 bits per heavy atom. The summed E-state index contributed by atoms with van der Waals surface area (Å²) >= 11 is 0. The number of benzene rings is 1. The molecule has 0 heterocycles. The minimum Gasteiger partial charge on any atom is -0.309 e. The van der Waals surface area contributed by atoms with Crippen LogP contribution in [0.5, 0.6) is 0 Å². The van der Waals surface area contributed by atoms with E-state index in [-0.39, 0.29) is 13.0 Å². The summed E-state index contributed by atoms with van der Waals surface area (Å²) in [6.07, 6.45) is 1.24. The summed E-state index contributed by atoms with van der Waals surface area (Å²) in [7, 11) is -4.01. The van der Waals surface area contributed by atoms with Crippen LogP contribution in [-0.2, 0) is 35.7 Å². The van der Waals surface area contributed by atoms with Gasteiger partial charge in [-0.25, -0.2) is 17.9 Å².